The van der Waals surface area contributed by atoms with E-state index in [1.165, 1.54) is 11.3 Å². The Kier molecular flexibility index (Phi) is 7.17. The van der Waals surface area contributed by atoms with Gasteiger partial charge in [-0.3, -0.25) is 14.9 Å². The normalized spacial score (nSPS) is 14.5. The van der Waals surface area contributed by atoms with Crippen molar-refractivity contribution in [1.82, 2.24) is 9.97 Å². The largest absolute Gasteiger partial charge is 0.477 e. The first-order valence-corrected chi connectivity index (χ1v) is 11.8. The number of rotatable bonds is 9. The second-order valence-electron chi connectivity index (χ2n) is 8.11. The highest BCUT2D eigenvalue weighted by Gasteiger charge is 2.21. The second kappa shape index (κ2) is 10.2. The predicted octanol–water partition coefficient (Wildman–Crippen LogP) is 3.47. The van der Waals surface area contributed by atoms with Crippen LogP contribution in [0.25, 0.3) is 10.9 Å². The van der Waals surface area contributed by atoms with Gasteiger partial charge in [-0.25, -0.2) is 9.78 Å². The number of amides is 1. The number of hydrogen-bond acceptors (Lipinski definition) is 7. The summed E-state index contributed by atoms with van der Waals surface area (Å²) >= 11 is 1.20. The Hall–Kier alpha value is -3.08. The summed E-state index contributed by atoms with van der Waals surface area (Å²) in [5, 5.41) is 14.9. The molecule has 0 unspecified atom stereocenters. The summed E-state index contributed by atoms with van der Waals surface area (Å²) in [4.78, 5) is 44.2. The van der Waals surface area contributed by atoms with Crippen LogP contribution in [0.1, 0.15) is 62.6 Å². The summed E-state index contributed by atoms with van der Waals surface area (Å²) in [5.74, 6) is -1.15. The number of Topliss-reactive ketones (excluding diaryl/α,β-unsaturated/α-hetero) is 1. The summed E-state index contributed by atoms with van der Waals surface area (Å²) in [7, 11) is 0. The van der Waals surface area contributed by atoms with Crippen LogP contribution in [0, 0.1) is 5.92 Å². The first-order chi connectivity index (χ1) is 16.0. The third-order valence-electron chi connectivity index (χ3n) is 5.84. The van der Waals surface area contributed by atoms with E-state index in [0.717, 1.165) is 12.8 Å². The lowest BCUT2D eigenvalue weighted by molar-refractivity contribution is 0.0599. The molecule has 0 aliphatic carbocycles. The van der Waals surface area contributed by atoms with Gasteiger partial charge in [-0.1, -0.05) is 0 Å². The van der Waals surface area contributed by atoms with Crippen LogP contribution in [0.4, 0.5) is 5.13 Å². The van der Waals surface area contributed by atoms with Crippen LogP contribution < -0.4 is 11.1 Å². The van der Waals surface area contributed by atoms with Gasteiger partial charge in [0.05, 0.1) is 0 Å². The van der Waals surface area contributed by atoms with E-state index < -0.39 is 5.97 Å². The molecule has 0 atom stereocenters. The number of nitrogens with two attached hydrogens (primary N) is 1. The number of thiazole rings is 1. The number of benzene rings is 1. The zero-order valence-corrected chi connectivity index (χ0v) is 18.9. The van der Waals surface area contributed by atoms with Gasteiger partial charge in [0, 0.05) is 41.5 Å². The smallest absolute Gasteiger partial charge is 0.352 e. The Morgan fingerprint density at radius 3 is 2.79 bits per heavy atom. The van der Waals surface area contributed by atoms with E-state index in [-0.39, 0.29) is 17.4 Å². The molecule has 174 valence electrons. The van der Waals surface area contributed by atoms with Gasteiger partial charge in [-0.15, -0.1) is 11.3 Å². The predicted molar refractivity (Wildman–Crippen MR) is 125 cm³/mol. The number of nitrogens with zero attached hydrogens (tertiary/aromatic N) is 1. The Balaban J connectivity index is 1.48. The molecule has 1 aliphatic heterocycles. The summed E-state index contributed by atoms with van der Waals surface area (Å²) in [5.41, 5.74) is 7.72. The number of carboxylic acids is 1. The number of aryl methyl sites for hydroxylation is 1. The third kappa shape index (κ3) is 5.29. The second-order valence-corrected chi connectivity index (χ2v) is 8.97. The van der Waals surface area contributed by atoms with Gasteiger partial charge < -0.3 is 20.6 Å². The number of aromatic nitrogens is 2. The van der Waals surface area contributed by atoms with Crippen molar-refractivity contribution in [3.8, 4) is 0 Å². The molecule has 10 heteroatoms. The van der Waals surface area contributed by atoms with Crippen molar-refractivity contribution in [3.05, 3.63) is 46.1 Å². The van der Waals surface area contributed by atoms with Crippen LogP contribution in [0.5, 0.6) is 0 Å². The Morgan fingerprint density at radius 1 is 1.27 bits per heavy atom. The number of H-pyrrole nitrogens is 1. The highest BCUT2D eigenvalue weighted by atomic mass is 32.1. The minimum atomic E-state index is -1.05. The molecule has 33 heavy (non-hydrogen) atoms. The Morgan fingerprint density at radius 2 is 2.06 bits per heavy atom. The molecular weight excluding hydrogens is 444 g/mol. The number of carbonyl (C=O) groups is 3. The van der Waals surface area contributed by atoms with Gasteiger partial charge in [0.1, 0.15) is 11.4 Å². The zero-order valence-electron chi connectivity index (χ0n) is 18.1. The van der Waals surface area contributed by atoms with Crippen molar-refractivity contribution in [2.75, 3.05) is 25.1 Å². The van der Waals surface area contributed by atoms with Crippen molar-refractivity contribution in [3.63, 3.8) is 0 Å². The number of aromatic carboxylic acids is 1. The minimum Gasteiger partial charge on any atom is -0.477 e. The molecule has 0 radical (unpaired) electrons. The molecule has 1 aromatic carbocycles. The number of anilines is 1. The molecule has 2 aromatic heterocycles. The van der Waals surface area contributed by atoms with Crippen molar-refractivity contribution in [2.24, 2.45) is 11.7 Å². The third-order valence-corrected chi connectivity index (χ3v) is 6.60. The zero-order chi connectivity index (χ0) is 23.4. The van der Waals surface area contributed by atoms with E-state index in [9.17, 15) is 19.5 Å². The molecule has 5 N–H and O–H groups in total. The molecule has 1 saturated heterocycles. The maximum atomic E-state index is 12.8. The fourth-order valence-corrected chi connectivity index (χ4v) is 4.77. The molecule has 1 aliphatic rings. The van der Waals surface area contributed by atoms with Crippen LogP contribution in [0.2, 0.25) is 0 Å². The van der Waals surface area contributed by atoms with Gasteiger partial charge >= 0.3 is 5.97 Å². The molecular formula is C23H26N4O5S. The van der Waals surface area contributed by atoms with Gasteiger partial charge in [0.15, 0.2) is 10.9 Å². The lowest BCUT2D eigenvalue weighted by atomic mass is 9.94. The van der Waals surface area contributed by atoms with Crippen molar-refractivity contribution >= 4 is 45.0 Å². The standard InChI is InChI=1S/C23H26N4O5S/c24-7-1-2-15-16-11-14(3-4-17(16)25-20(15)22(30)31)21(29)27-23-26-18(12-33-23)19(28)10-13-5-8-32-9-6-13/h3-4,11-13,25H,1-2,5-10,24H2,(H,30,31)(H,26,27,29). The van der Waals surface area contributed by atoms with Crippen molar-refractivity contribution in [1.29, 1.82) is 0 Å². The van der Waals surface area contributed by atoms with E-state index in [2.05, 4.69) is 15.3 Å². The average molecular weight is 471 g/mol. The molecule has 9 nitrogen and oxygen atoms in total. The Labute approximate surface area is 194 Å². The topological polar surface area (TPSA) is 147 Å². The fraction of sp³-hybridized carbons (Fsp3) is 0.391. The van der Waals surface area contributed by atoms with Crippen LogP contribution in [0.15, 0.2) is 23.6 Å². The number of hydrogen-bond donors (Lipinski definition) is 4. The first kappa shape index (κ1) is 23.1. The number of ether oxygens (including phenoxy) is 1. The maximum absolute atomic E-state index is 12.8. The van der Waals surface area contributed by atoms with E-state index in [4.69, 9.17) is 10.5 Å². The summed E-state index contributed by atoms with van der Waals surface area (Å²) < 4.78 is 5.33. The number of aromatic amines is 1. The summed E-state index contributed by atoms with van der Waals surface area (Å²) in [6.07, 6.45) is 3.31. The van der Waals surface area contributed by atoms with E-state index >= 15 is 0 Å². The number of carboxylic acid groups (broad SMARTS) is 1. The van der Waals surface area contributed by atoms with Crippen molar-refractivity contribution in [2.45, 2.75) is 32.1 Å². The Bertz CT molecular complexity index is 1180. The summed E-state index contributed by atoms with van der Waals surface area (Å²) in [6.45, 7) is 1.80. The molecule has 4 rings (SSSR count). The van der Waals surface area contributed by atoms with E-state index in [1.54, 1.807) is 23.6 Å². The number of nitrogens with one attached hydrogen (secondary N) is 2. The minimum absolute atomic E-state index is 0.0295. The lowest BCUT2D eigenvalue weighted by Crippen LogP contribution is -2.19. The monoisotopic (exact) mass is 470 g/mol. The summed E-state index contributed by atoms with van der Waals surface area (Å²) in [6, 6.07) is 4.98. The molecule has 1 fully saturated rings. The quantitative estimate of drug-likeness (QED) is 0.350. The van der Waals surface area contributed by atoms with Crippen molar-refractivity contribution < 1.29 is 24.2 Å². The highest BCUT2D eigenvalue weighted by molar-refractivity contribution is 7.14. The molecule has 0 spiro atoms. The van der Waals surface area contributed by atoms with Crippen LogP contribution >= 0.6 is 11.3 Å². The number of fused-ring (bicyclic) bond motifs is 1. The molecule has 3 heterocycles. The van der Waals surface area contributed by atoms with Crippen LogP contribution in [-0.2, 0) is 11.2 Å². The first-order valence-electron chi connectivity index (χ1n) is 10.9. The number of carbonyl (C=O) groups excluding carboxylic acids is 2. The SMILES string of the molecule is NCCCc1c(C(=O)O)[nH]c2ccc(C(=O)Nc3nc(C(=O)CC4CCOCC4)cs3)cc12. The molecule has 0 saturated carbocycles. The van der Waals surface area contributed by atoms with Gasteiger partial charge in [-0.2, -0.15) is 0 Å². The van der Waals surface area contributed by atoms with Gasteiger partial charge in [0.25, 0.3) is 5.91 Å². The van der Waals surface area contributed by atoms with E-state index in [1.807, 2.05) is 0 Å². The van der Waals surface area contributed by atoms with E-state index in [0.29, 0.717) is 77.8 Å². The van der Waals surface area contributed by atoms with Crippen LogP contribution in [0.3, 0.4) is 0 Å². The van der Waals surface area contributed by atoms with Gasteiger partial charge in [0.2, 0.25) is 0 Å². The van der Waals surface area contributed by atoms with Crippen LogP contribution in [-0.4, -0.2) is 52.5 Å². The average Bonchev–Trinajstić information content (AvgIpc) is 3.42. The maximum Gasteiger partial charge on any atom is 0.352 e. The fourth-order valence-electron chi connectivity index (χ4n) is 4.06. The van der Waals surface area contributed by atoms with Gasteiger partial charge in [-0.05, 0) is 61.9 Å². The molecule has 0 bridgehead atoms. The molecule has 3 aromatic rings. The highest BCUT2D eigenvalue weighted by Crippen LogP contribution is 2.27. The lowest BCUT2D eigenvalue weighted by Gasteiger charge is -2.20. The molecule has 1 amide bonds. The number of ketones is 1.